The maximum Gasteiger partial charge on any atom is 0.417 e. The predicted octanol–water partition coefficient (Wildman–Crippen LogP) is 3.22. The molecule has 4 atom stereocenters. The number of nitrogens with zero attached hydrogens (tertiary/aromatic N) is 1. The average Bonchev–Trinajstić information content (AvgIpc) is 3.15. The van der Waals surface area contributed by atoms with Crippen LogP contribution in [-0.2, 0) is 14.3 Å². The van der Waals surface area contributed by atoms with Crippen LogP contribution < -0.4 is 26.8 Å². The number of alkyl halides is 3. The first-order valence-corrected chi connectivity index (χ1v) is 12.0. The molecule has 1 aromatic carbocycles. The molecule has 0 saturated carbocycles. The SMILES string of the molecule is COc1c([C@H]2[C@H](C(=O)Nc3cc(NC(=O)CCCN)nc(C(N)=O)c3)O[C@@](C)(C(F)(F)F)[C@H]2C)ccc(F)c1F. The van der Waals surface area contributed by atoms with Crippen molar-refractivity contribution < 1.29 is 45.8 Å². The summed E-state index contributed by atoms with van der Waals surface area (Å²) < 4.78 is 81.1. The summed E-state index contributed by atoms with van der Waals surface area (Å²) in [7, 11) is 1.01. The number of aromatic nitrogens is 1. The summed E-state index contributed by atoms with van der Waals surface area (Å²) in [5.41, 5.74) is 7.07. The number of carbonyl (C=O) groups is 3. The normalized spacial score (nSPS) is 22.6. The number of rotatable bonds is 9. The van der Waals surface area contributed by atoms with Crippen molar-refractivity contribution in [1.29, 1.82) is 0 Å². The van der Waals surface area contributed by atoms with Crippen LogP contribution in [0.15, 0.2) is 24.3 Å². The summed E-state index contributed by atoms with van der Waals surface area (Å²) >= 11 is 0. The molecule has 0 aliphatic carbocycles. The third-order valence-corrected chi connectivity index (χ3v) is 6.79. The highest BCUT2D eigenvalue weighted by Gasteiger charge is 2.66. The van der Waals surface area contributed by atoms with Crippen molar-refractivity contribution >= 4 is 29.2 Å². The lowest BCUT2D eigenvalue weighted by atomic mass is 9.77. The Morgan fingerprint density at radius 2 is 1.85 bits per heavy atom. The van der Waals surface area contributed by atoms with Crippen LogP contribution >= 0.6 is 0 Å². The zero-order chi connectivity index (χ0) is 30.0. The Balaban J connectivity index is 2.04. The Labute approximate surface area is 225 Å². The van der Waals surface area contributed by atoms with Gasteiger partial charge in [-0.05, 0) is 32.0 Å². The van der Waals surface area contributed by atoms with Gasteiger partial charge in [0, 0.05) is 35.6 Å². The minimum Gasteiger partial charge on any atom is -0.493 e. The maximum absolute atomic E-state index is 14.5. The summed E-state index contributed by atoms with van der Waals surface area (Å²) in [5.74, 6) is -9.16. The Kier molecular flexibility index (Phi) is 8.99. The third-order valence-electron chi connectivity index (χ3n) is 6.79. The minimum absolute atomic E-state index is 0.0300. The van der Waals surface area contributed by atoms with Crippen LogP contribution in [0.3, 0.4) is 0 Å². The van der Waals surface area contributed by atoms with E-state index in [1.165, 1.54) is 6.92 Å². The van der Waals surface area contributed by atoms with Gasteiger partial charge in [-0.1, -0.05) is 13.0 Å². The number of hydrogen-bond acceptors (Lipinski definition) is 7. The Morgan fingerprint density at radius 3 is 2.42 bits per heavy atom. The van der Waals surface area contributed by atoms with Gasteiger partial charge in [0.05, 0.1) is 7.11 Å². The highest BCUT2D eigenvalue weighted by Crippen LogP contribution is 2.55. The Bertz CT molecular complexity index is 1310. The number of benzene rings is 1. The summed E-state index contributed by atoms with van der Waals surface area (Å²) in [4.78, 5) is 41.2. The number of halogens is 5. The van der Waals surface area contributed by atoms with Crippen molar-refractivity contribution in [2.75, 3.05) is 24.3 Å². The first kappa shape index (κ1) is 30.7. The van der Waals surface area contributed by atoms with Crippen molar-refractivity contribution in [2.24, 2.45) is 17.4 Å². The molecule has 0 bridgehead atoms. The monoisotopic (exact) mass is 573 g/mol. The van der Waals surface area contributed by atoms with E-state index in [0.717, 1.165) is 32.2 Å². The quantitative estimate of drug-likeness (QED) is 0.335. The van der Waals surface area contributed by atoms with Crippen LogP contribution in [0.5, 0.6) is 5.75 Å². The van der Waals surface area contributed by atoms with Gasteiger partial charge in [0.2, 0.25) is 11.7 Å². The zero-order valence-electron chi connectivity index (χ0n) is 21.7. The van der Waals surface area contributed by atoms with Gasteiger partial charge in [-0.3, -0.25) is 14.4 Å². The summed E-state index contributed by atoms with van der Waals surface area (Å²) in [6.07, 6.45) is -6.45. The lowest BCUT2D eigenvalue weighted by Crippen LogP contribution is -2.47. The largest absolute Gasteiger partial charge is 0.493 e. The van der Waals surface area contributed by atoms with Crippen LogP contribution in [0.1, 0.15) is 48.7 Å². The van der Waals surface area contributed by atoms with Gasteiger partial charge in [0.15, 0.2) is 17.2 Å². The van der Waals surface area contributed by atoms with Gasteiger partial charge in [-0.25, -0.2) is 9.37 Å². The Morgan fingerprint density at radius 1 is 1.18 bits per heavy atom. The molecule has 0 radical (unpaired) electrons. The van der Waals surface area contributed by atoms with E-state index >= 15 is 0 Å². The number of pyridine rings is 1. The number of amides is 3. The number of nitrogens with two attached hydrogens (primary N) is 2. The van der Waals surface area contributed by atoms with E-state index in [2.05, 4.69) is 15.6 Å². The van der Waals surface area contributed by atoms with Gasteiger partial charge >= 0.3 is 6.18 Å². The molecule has 2 heterocycles. The first-order chi connectivity index (χ1) is 18.6. The van der Waals surface area contributed by atoms with E-state index in [0.29, 0.717) is 12.5 Å². The molecule has 10 nitrogen and oxygen atoms in total. The second-order valence-corrected chi connectivity index (χ2v) is 9.36. The highest BCUT2D eigenvalue weighted by molar-refractivity contribution is 5.99. The molecule has 218 valence electrons. The molecule has 15 heteroatoms. The van der Waals surface area contributed by atoms with Gasteiger partial charge in [0.25, 0.3) is 11.8 Å². The molecular weight excluding hydrogens is 545 g/mol. The molecule has 1 fully saturated rings. The van der Waals surface area contributed by atoms with Gasteiger partial charge in [0.1, 0.15) is 17.6 Å². The topological polar surface area (TPSA) is 159 Å². The van der Waals surface area contributed by atoms with E-state index < -0.39 is 64.8 Å². The number of nitrogens with one attached hydrogen (secondary N) is 2. The molecule has 0 unspecified atom stereocenters. The molecule has 0 spiro atoms. The van der Waals surface area contributed by atoms with E-state index in [-0.39, 0.29) is 35.7 Å². The molecular formula is C25H28F5N5O5. The summed E-state index contributed by atoms with van der Waals surface area (Å²) in [6.45, 7) is 2.15. The molecule has 1 aliphatic heterocycles. The van der Waals surface area contributed by atoms with Gasteiger partial charge in [-0.15, -0.1) is 0 Å². The molecule has 1 aliphatic rings. The number of primary amides is 1. The maximum atomic E-state index is 14.5. The molecule has 1 aromatic heterocycles. The number of carbonyl (C=O) groups excluding carboxylic acids is 3. The second kappa shape index (κ2) is 11.7. The fraction of sp³-hybridized carbons (Fsp3) is 0.440. The highest BCUT2D eigenvalue weighted by atomic mass is 19.4. The lowest BCUT2D eigenvalue weighted by Gasteiger charge is -2.32. The van der Waals surface area contributed by atoms with Crippen LogP contribution in [-0.4, -0.2) is 54.2 Å². The molecule has 40 heavy (non-hydrogen) atoms. The zero-order valence-corrected chi connectivity index (χ0v) is 21.7. The first-order valence-electron chi connectivity index (χ1n) is 12.0. The van der Waals surface area contributed by atoms with E-state index in [9.17, 15) is 36.3 Å². The van der Waals surface area contributed by atoms with Crippen LogP contribution in [0.2, 0.25) is 0 Å². The molecule has 2 aromatic rings. The standard InChI is InChI=1S/C25H28F5N5O5/c1-11-18(13-6-7-14(26)19(27)20(13)39-3)21(40-24(11,2)25(28,29)30)23(38)33-12-9-15(22(32)37)34-16(10-12)35-17(36)5-4-8-31/h6-7,9-11,18,21H,4-5,8,31H2,1-3H3,(H2,32,37)(H2,33,34,35,36,38)/t11-,18-,21+,24+/m0/s1. The van der Waals surface area contributed by atoms with Crippen LogP contribution in [0.4, 0.5) is 33.5 Å². The van der Waals surface area contributed by atoms with E-state index in [1.54, 1.807) is 0 Å². The lowest BCUT2D eigenvalue weighted by molar-refractivity contribution is -0.272. The smallest absolute Gasteiger partial charge is 0.417 e. The van der Waals surface area contributed by atoms with Crippen molar-refractivity contribution in [3.8, 4) is 5.75 Å². The number of ether oxygens (including phenoxy) is 2. The summed E-state index contributed by atoms with van der Waals surface area (Å²) in [6, 6.07) is 3.93. The fourth-order valence-corrected chi connectivity index (χ4v) is 4.51. The third kappa shape index (κ3) is 5.99. The number of anilines is 2. The number of hydrogen-bond donors (Lipinski definition) is 4. The van der Waals surface area contributed by atoms with Gasteiger partial charge in [-0.2, -0.15) is 17.6 Å². The predicted molar refractivity (Wildman–Crippen MR) is 132 cm³/mol. The fourth-order valence-electron chi connectivity index (χ4n) is 4.51. The van der Waals surface area contributed by atoms with Crippen molar-refractivity contribution in [2.45, 2.75) is 50.5 Å². The molecule has 1 saturated heterocycles. The second-order valence-electron chi connectivity index (χ2n) is 9.36. The molecule has 6 N–H and O–H groups in total. The van der Waals surface area contributed by atoms with Gasteiger partial charge < -0.3 is 31.6 Å². The van der Waals surface area contributed by atoms with E-state index in [1.807, 2.05) is 0 Å². The number of methoxy groups -OCH3 is 1. The summed E-state index contributed by atoms with van der Waals surface area (Å²) in [5, 5.41) is 4.77. The Hall–Kier alpha value is -3.85. The average molecular weight is 574 g/mol. The van der Waals surface area contributed by atoms with Crippen molar-refractivity contribution in [3.63, 3.8) is 0 Å². The molecule has 3 amide bonds. The minimum atomic E-state index is -4.96. The van der Waals surface area contributed by atoms with Crippen LogP contribution in [0.25, 0.3) is 0 Å². The molecule has 3 rings (SSSR count). The van der Waals surface area contributed by atoms with Crippen molar-refractivity contribution in [3.05, 3.63) is 47.2 Å². The van der Waals surface area contributed by atoms with E-state index in [4.69, 9.17) is 20.9 Å². The van der Waals surface area contributed by atoms with Crippen LogP contribution in [0, 0.1) is 17.6 Å². The van der Waals surface area contributed by atoms with Crippen molar-refractivity contribution in [1.82, 2.24) is 4.98 Å².